The zero-order chi connectivity index (χ0) is 16.9. The lowest BCUT2D eigenvalue weighted by Gasteiger charge is -2.24. The molecule has 3 amide bonds. The largest absolute Gasteiger partial charge is 0.495 e. The zero-order valence-electron chi connectivity index (χ0n) is 14.2. The first-order chi connectivity index (χ1) is 11.7. The predicted octanol–water partition coefficient (Wildman–Crippen LogP) is 2.34. The molecular weight excluding hydrogens is 306 g/mol. The van der Waals surface area contributed by atoms with E-state index in [1.54, 1.807) is 16.9 Å². The number of methoxy groups -OCH3 is 1. The van der Waals surface area contributed by atoms with E-state index < -0.39 is 0 Å². The summed E-state index contributed by atoms with van der Waals surface area (Å²) in [6, 6.07) is 7.35. The third-order valence-corrected chi connectivity index (χ3v) is 4.76. The fraction of sp³-hybridized carbons (Fsp3) is 0.556. The van der Waals surface area contributed by atoms with Gasteiger partial charge in [0, 0.05) is 26.2 Å². The van der Waals surface area contributed by atoms with Crippen LogP contribution in [0.5, 0.6) is 5.75 Å². The summed E-state index contributed by atoms with van der Waals surface area (Å²) in [5.41, 5.74) is 0.759. The van der Waals surface area contributed by atoms with Crippen molar-refractivity contribution in [1.82, 2.24) is 9.80 Å². The second-order valence-corrected chi connectivity index (χ2v) is 6.32. The number of ether oxygens (including phenoxy) is 1. The quantitative estimate of drug-likeness (QED) is 0.851. The molecule has 0 spiro atoms. The molecule has 3 rings (SSSR count). The minimum absolute atomic E-state index is 0.0622. The summed E-state index contributed by atoms with van der Waals surface area (Å²) in [6.07, 6.45) is 4.50. The average molecular weight is 331 g/mol. The smallest absolute Gasteiger partial charge is 0.325 e. The monoisotopic (exact) mass is 331 g/mol. The van der Waals surface area contributed by atoms with Crippen LogP contribution in [-0.4, -0.2) is 61.6 Å². The van der Waals surface area contributed by atoms with E-state index in [-0.39, 0.29) is 18.5 Å². The maximum Gasteiger partial charge on any atom is 0.325 e. The number of amides is 3. The van der Waals surface area contributed by atoms with Crippen molar-refractivity contribution in [2.45, 2.75) is 25.7 Å². The second-order valence-electron chi connectivity index (χ2n) is 6.32. The molecule has 0 aliphatic carbocycles. The molecule has 0 aromatic heterocycles. The number of hydrogen-bond acceptors (Lipinski definition) is 3. The molecule has 0 bridgehead atoms. The van der Waals surface area contributed by atoms with Crippen LogP contribution in [0.15, 0.2) is 24.3 Å². The van der Waals surface area contributed by atoms with Crippen LogP contribution in [-0.2, 0) is 4.79 Å². The molecule has 2 heterocycles. The van der Waals surface area contributed by atoms with Gasteiger partial charge in [-0.2, -0.15) is 0 Å². The molecule has 2 fully saturated rings. The van der Waals surface area contributed by atoms with Crippen molar-refractivity contribution in [2.75, 3.05) is 44.7 Å². The Labute approximate surface area is 143 Å². The van der Waals surface area contributed by atoms with Crippen LogP contribution in [0.3, 0.4) is 0 Å². The van der Waals surface area contributed by atoms with Crippen molar-refractivity contribution in [3.63, 3.8) is 0 Å². The van der Waals surface area contributed by atoms with E-state index in [0.717, 1.165) is 31.6 Å². The highest BCUT2D eigenvalue weighted by Gasteiger charge is 2.33. The van der Waals surface area contributed by atoms with Gasteiger partial charge >= 0.3 is 6.03 Å². The molecule has 1 aromatic carbocycles. The second kappa shape index (κ2) is 7.55. The van der Waals surface area contributed by atoms with Gasteiger partial charge in [0.15, 0.2) is 0 Å². The van der Waals surface area contributed by atoms with Gasteiger partial charge in [0.2, 0.25) is 5.91 Å². The lowest BCUT2D eigenvalue weighted by molar-refractivity contribution is -0.131. The van der Waals surface area contributed by atoms with Crippen molar-refractivity contribution in [3.05, 3.63) is 24.3 Å². The van der Waals surface area contributed by atoms with Crippen molar-refractivity contribution in [3.8, 4) is 5.75 Å². The molecule has 0 N–H and O–H groups in total. The van der Waals surface area contributed by atoms with E-state index in [2.05, 4.69) is 0 Å². The number of anilines is 1. The molecule has 2 aliphatic rings. The molecule has 130 valence electrons. The minimum atomic E-state index is -0.123. The lowest BCUT2D eigenvalue weighted by atomic mass is 10.2. The first-order valence-corrected chi connectivity index (χ1v) is 8.68. The van der Waals surface area contributed by atoms with Crippen LogP contribution in [0.2, 0.25) is 0 Å². The van der Waals surface area contributed by atoms with Crippen molar-refractivity contribution < 1.29 is 14.3 Å². The number of nitrogens with zero attached hydrogens (tertiary/aromatic N) is 3. The molecule has 2 aliphatic heterocycles. The number of hydrogen-bond donors (Lipinski definition) is 0. The maximum absolute atomic E-state index is 12.7. The Morgan fingerprint density at radius 2 is 1.75 bits per heavy atom. The Balaban J connectivity index is 1.64. The number of para-hydroxylation sites is 2. The third-order valence-electron chi connectivity index (χ3n) is 4.76. The maximum atomic E-state index is 12.7. The molecule has 6 heteroatoms. The summed E-state index contributed by atoms with van der Waals surface area (Å²) in [4.78, 5) is 30.4. The summed E-state index contributed by atoms with van der Waals surface area (Å²) in [6.45, 7) is 2.95. The van der Waals surface area contributed by atoms with E-state index in [1.807, 2.05) is 29.2 Å². The minimum Gasteiger partial charge on any atom is -0.495 e. The van der Waals surface area contributed by atoms with Crippen LogP contribution < -0.4 is 9.64 Å². The van der Waals surface area contributed by atoms with Crippen LogP contribution in [0, 0.1) is 0 Å². The standard InChI is InChI=1S/C18H25N3O3/c1-24-16-9-5-4-8-15(16)21-13-12-20(18(21)23)14-17(22)19-10-6-2-3-7-11-19/h4-5,8-9H,2-3,6-7,10-14H2,1H3. The van der Waals surface area contributed by atoms with Crippen molar-refractivity contribution in [2.24, 2.45) is 0 Å². The van der Waals surface area contributed by atoms with E-state index in [4.69, 9.17) is 4.74 Å². The molecule has 0 saturated carbocycles. The van der Waals surface area contributed by atoms with Gasteiger partial charge in [-0.05, 0) is 25.0 Å². The molecule has 0 radical (unpaired) electrons. The SMILES string of the molecule is COc1ccccc1N1CCN(CC(=O)N2CCCCCC2)C1=O. The summed E-state index contributed by atoms with van der Waals surface area (Å²) in [5.74, 6) is 0.735. The predicted molar refractivity (Wildman–Crippen MR) is 92.4 cm³/mol. The molecule has 0 atom stereocenters. The number of benzene rings is 1. The molecule has 6 nitrogen and oxygen atoms in total. The normalized spacial score (nSPS) is 18.7. The first-order valence-electron chi connectivity index (χ1n) is 8.68. The number of rotatable bonds is 4. The van der Waals surface area contributed by atoms with Crippen LogP contribution >= 0.6 is 0 Å². The van der Waals surface area contributed by atoms with E-state index in [9.17, 15) is 9.59 Å². The number of carbonyl (C=O) groups is 2. The number of likely N-dealkylation sites (tertiary alicyclic amines) is 1. The fourth-order valence-corrected chi connectivity index (χ4v) is 3.39. The summed E-state index contributed by atoms with van der Waals surface area (Å²) < 4.78 is 5.34. The molecule has 2 saturated heterocycles. The van der Waals surface area contributed by atoms with Gasteiger partial charge < -0.3 is 14.5 Å². The van der Waals surface area contributed by atoms with Gasteiger partial charge in [-0.1, -0.05) is 25.0 Å². The van der Waals surface area contributed by atoms with Gasteiger partial charge in [-0.25, -0.2) is 4.79 Å². The summed E-state index contributed by atoms with van der Waals surface area (Å²) in [5, 5.41) is 0. The van der Waals surface area contributed by atoms with E-state index in [1.165, 1.54) is 12.8 Å². The van der Waals surface area contributed by atoms with Gasteiger partial charge in [-0.15, -0.1) is 0 Å². The number of carbonyl (C=O) groups excluding carboxylic acids is 2. The topological polar surface area (TPSA) is 53.1 Å². The molecule has 1 aromatic rings. The Morgan fingerprint density at radius 3 is 2.46 bits per heavy atom. The average Bonchev–Trinajstić information content (AvgIpc) is 2.82. The Kier molecular flexibility index (Phi) is 5.23. The highest BCUT2D eigenvalue weighted by molar-refractivity contribution is 5.97. The third kappa shape index (κ3) is 3.47. The van der Waals surface area contributed by atoms with Gasteiger partial charge in [0.1, 0.15) is 12.3 Å². The van der Waals surface area contributed by atoms with Gasteiger partial charge in [0.05, 0.1) is 12.8 Å². The zero-order valence-corrected chi connectivity index (χ0v) is 14.2. The first kappa shape index (κ1) is 16.6. The van der Waals surface area contributed by atoms with E-state index in [0.29, 0.717) is 18.8 Å². The molecule has 0 unspecified atom stereocenters. The Morgan fingerprint density at radius 1 is 1.04 bits per heavy atom. The van der Waals surface area contributed by atoms with Gasteiger partial charge in [0.25, 0.3) is 0 Å². The fourth-order valence-electron chi connectivity index (χ4n) is 3.39. The Bertz CT molecular complexity index is 597. The Hall–Kier alpha value is -2.24. The number of urea groups is 1. The molecular formula is C18H25N3O3. The highest BCUT2D eigenvalue weighted by atomic mass is 16.5. The highest BCUT2D eigenvalue weighted by Crippen LogP contribution is 2.30. The summed E-state index contributed by atoms with van der Waals surface area (Å²) >= 11 is 0. The lowest BCUT2D eigenvalue weighted by Crippen LogP contribution is -2.42. The molecule has 24 heavy (non-hydrogen) atoms. The van der Waals surface area contributed by atoms with E-state index >= 15 is 0 Å². The van der Waals surface area contributed by atoms with Gasteiger partial charge in [-0.3, -0.25) is 9.69 Å². The summed E-state index contributed by atoms with van der Waals surface area (Å²) in [7, 11) is 1.60. The van der Waals surface area contributed by atoms with Crippen LogP contribution in [0.25, 0.3) is 0 Å². The van der Waals surface area contributed by atoms with Crippen LogP contribution in [0.1, 0.15) is 25.7 Å². The van der Waals surface area contributed by atoms with Crippen molar-refractivity contribution >= 4 is 17.6 Å². The van der Waals surface area contributed by atoms with Crippen molar-refractivity contribution in [1.29, 1.82) is 0 Å². The van der Waals surface area contributed by atoms with Crippen LogP contribution in [0.4, 0.5) is 10.5 Å².